The third kappa shape index (κ3) is 10.3. The molecule has 0 spiro atoms. The lowest BCUT2D eigenvalue weighted by Gasteiger charge is -2.01. The average molecular weight is 376 g/mol. The van der Waals surface area contributed by atoms with E-state index in [0.717, 1.165) is 36.3 Å². The number of amidine groups is 1. The maximum absolute atomic E-state index is 11.5. The van der Waals surface area contributed by atoms with Gasteiger partial charge in [0.05, 0.1) is 0 Å². The molecule has 1 aromatic rings. The summed E-state index contributed by atoms with van der Waals surface area (Å²) in [5.74, 6) is 1.84. The molecule has 0 saturated heterocycles. The van der Waals surface area contributed by atoms with Crippen LogP contribution in [-0.4, -0.2) is 23.2 Å². The summed E-state index contributed by atoms with van der Waals surface area (Å²) in [6.45, 7) is 13.4. The van der Waals surface area contributed by atoms with Crippen LogP contribution in [0.1, 0.15) is 84.0 Å². The monoisotopic (exact) mass is 375 g/mol. The van der Waals surface area contributed by atoms with Crippen LogP contribution in [0.2, 0.25) is 0 Å². The molecule has 6 heteroatoms. The number of ketones is 1. The molecule has 27 heavy (non-hydrogen) atoms. The predicted molar refractivity (Wildman–Crippen MR) is 111 cm³/mol. The van der Waals surface area contributed by atoms with Crippen molar-refractivity contribution in [3.8, 4) is 0 Å². The van der Waals surface area contributed by atoms with E-state index < -0.39 is 0 Å². The number of Topliss-reactive ketones (excluding diaryl/α,β-unsaturated/α-hetero) is 1. The fourth-order valence-corrected chi connectivity index (χ4v) is 2.15. The van der Waals surface area contributed by atoms with Gasteiger partial charge in [-0.25, -0.2) is 0 Å². The number of hydrogen-bond acceptors (Lipinski definition) is 5. The summed E-state index contributed by atoms with van der Waals surface area (Å²) in [6.07, 6.45) is 5.12. The van der Waals surface area contributed by atoms with E-state index in [9.17, 15) is 9.59 Å². The Kier molecular flexibility index (Phi) is 12.4. The minimum Gasteiger partial charge on any atom is -0.458 e. The molecule has 2 heterocycles. The van der Waals surface area contributed by atoms with Gasteiger partial charge in [0.25, 0.3) is 0 Å². The van der Waals surface area contributed by atoms with Crippen molar-refractivity contribution in [1.82, 2.24) is 5.32 Å². The summed E-state index contributed by atoms with van der Waals surface area (Å²) in [6, 6.07) is 3.54. The molecule has 1 aliphatic heterocycles. The molecular weight excluding hydrogens is 342 g/mol. The number of furan rings is 1. The quantitative estimate of drug-likeness (QED) is 0.574. The standard InChI is InChI=1S/C11H17N3O.C8H10O2.C2H6/c1-4-5-8(2)6-11(15)12-10-7-9(3)13-14-10;1-3-7-4-5-8(10-7)6(2)9;1-2/h6H,4-5,7H2,1-3H3,(H,12,14,15);4-5H,3H2,1-2H3;1-2H3/b8-6+;;. The molecule has 1 amide bonds. The number of nitrogens with one attached hydrogen (secondary N) is 1. The minimum absolute atomic E-state index is 0.0142. The SMILES string of the molecule is CC.CCC/C(C)=C/C(=O)NC1=NN=C(C)C1.CCc1ccc(C(C)=O)o1. The zero-order chi connectivity index (χ0) is 20.8. The Morgan fingerprint density at radius 3 is 2.26 bits per heavy atom. The fourth-order valence-electron chi connectivity index (χ4n) is 2.15. The molecule has 0 radical (unpaired) electrons. The molecule has 1 aliphatic rings. The smallest absolute Gasteiger partial charge is 0.249 e. The molecular formula is C21H33N3O3. The predicted octanol–water partition coefficient (Wildman–Crippen LogP) is 5.10. The van der Waals surface area contributed by atoms with Crippen LogP contribution < -0.4 is 5.32 Å². The first kappa shape index (κ1) is 24.5. The van der Waals surface area contributed by atoms with Crippen LogP contribution in [0.5, 0.6) is 0 Å². The van der Waals surface area contributed by atoms with Crippen molar-refractivity contribution in [2.24, 2.45) is 10.2 Å². The molecule has 0 saturated carbocycles. The van der Waals surface area contributed by atoms with Crippen LogP contribution in [0.4, 0.5) is 0 Å². The molecule has 1 aromatic heterocycles. The van der Waals surface area contributed by atoms with Crippen molar-refractivity contribution in [2.75, 3.05) is 0 Å². The van der Waals surface area contributed by atoms with Crippen LogP contribution in [0.15, 0.2) is 38.4 Å². The van der Waals surface area contributed by atoms with Crippen LogP contribution in [-0.2, 0) is 11.2 Å². The van der Waals surface area contributed by atoms with Crippen molar-refractivity contribution in [1.29, 1.82) is 0 Å². The zero-order valence-corrected chi connectivity index (χ0v) is 17.7. The third-order valence-electron chi connectivity index (χ3n) is 3.41. The fraction of sp³-hybridized carbons (Fsp3) is 0.524. The van der Waals surface area contributed by atoms with Gasteiger partial charge < -0.3 is 9.73 Å². The highest BCUT2D eigenvalue weighted by molar-refractivity contribution is 6.12. The van der Waals surface area contributed by atoms with E-state index in [-0.39, 0.29) is 11.7 Å². The number of rotatable bonds is 5. The number of nitrogens with zero attached hydrogens (tertiary/aromatic N) is 2. The van der Waals surface area contributed by atoms with Gasteiger partial charge in [-0.2, -0.15) is 5.10 Å². The molecule has 1 N–H and O–H groups in total. The maximum Gasteiger partial charge on any atom is 0.249 e. The Labute approximate surface area is 162 Å². The lowest BCUT2D eigenvalue weighted by molar-refractivity contribution is -0.115. The van der Waals surface area contributed by atoms with E-state index in [1.54, 1.807) is 12.1 Å². The van der Waals surface area contributed by atoms with Gasteiger partial charge in [0, 0.05) is 31.6 Å². The van der Waals surface area contributed by atoms with E-state index in [2.05, 4.69) is 22.4 Å². The van der Waals surface area contributed by atoms with E-state index in [0.29, 0.717) is 18.0 Å². The molecule has 0 unspecified atom stereocenters. The topological polar surface area (TPSA) is 84.0 Å². The Hall–Kier alpha value is -2.50. The molecule has 6 nitrogen and oxygen atoms in total. The van der Waals surface area contributed by atoms with Crippen molar-refractivity contribution in [3.05, 3.63) is 35.3 Å². The summed E-state index contributed by atoms with van der Waals surface area (Å²) in [7, 11) is 0. The largest absolute Gasteiger partial charge is 0.458 e. The van der Waals surface area contributed by atoms with Gasteiger partial charge in [-0.1, -0.05) is 39.7 Å². The van der Waals surface area contributed by atoms with Crippen LogP contribution in [0.25, 0.3) is 0 Å². The van der Waals surface area contributed by atoms with Crippen LogP contribution in [0, 0.1) is 0 Å². The highest BCUT2D eigenvalue weighted by Crippen LogP contribution is 2.08. The first-order chi connectivity index (χ1) is 12.8. The second kappa shape index (κ2) is 13.7. The van der Waals surface area contributed by atoms with Crippen LogP contribution >= 0.6 is 0 Å². The van der Waals surface area contributed by atoms with Crippen LogP contribution in [0.3, 0.4) is 0 Å². The average Bonchev–Trinajstić information content (AvgIpc) is 3.26. The van der Waals surface area contributed by atoms with Crippen molar-refractivity contribution < 1.29 is 14.0 Å². The van der Waals surface area contributed by atoms with Gasteiger partial charge >= 0.3 is 0 Å². The molecule has 2 rings (SSSR count). The second-order valence-corrected chi connectivity index (χ2v) is 5.96. The van der Waals surface area contributed by atoms with Gasteiger partial charge in [-0.3, -0.25) is 9.59 Å². The number of carbonyl (C=O) groups excluding carboxylic acids is 2. The summed E-state index contributed by atoms with van der Waals surface area (Å²) in [4.78, 5) is 22.2. The Morgan fingerprint density at radius 2 is 1.85 bits per heavy atom. The van der Waals surface area contributed by atoms with E-state index >= 15 is 0 Å². The molecule has 0 fully saturated rings. The van der Waals surface area contributed by atoms with Gasteiger partial charge in [-0.05, 0) is 32.4 Å². The van der Waals surface area contributed by atoms with E-state index in [4.69, 9.17) is 4.42 Å². The highest BCUT2D eigenvalue weighted by atomic mass is 16.3. The molecule has 150 valence electrons. The summed E-state index contributed by atoms with van der Waals surface area (Å²) >= 11 is 0. The minimum atomic E-state index is -0.107. The zero-order valence-electron chi connectivity index (χ0n) is 17.7. The summed E-state index contributed by atoms with van der Waals surface area (Å²) in [5.41, 5.74) is 2.02. The first-order valence-corrected chi connectivity index (χ1v) is 9.53. The third-order valence-corrected chi connectivity index (χ3v) is 3.41. The molecule has 0 aliphatic carbocycles. The number of hydrogen-bond donors (Lipinski definition) is 1. The molecule has 0 aromatic carbocycles. The lowest BCUT2D eigenvalue weighted by Crippen LogP contribution is -2.28. The summed E-state index contributed by atoms with van der Waals surface area (Å²) in [5, 5.41) is 10.4. The molecule has 0 atom stereocenters. The number of allylic oxidation sites excluding steroid dienone is 1. The van der Waals surface area contributed by atoms with Crippen molar-refractivity contribution in [3.63, 3.8) is 0 Å². The first-order valence-electron chi connectivity index (χ1n) is 9.53. The Bertz CT molecular complexity index is 697. The highest BCUT2D eigenvalue weighted by Gasteiger charge is 2.10. The number of amides is 1. The van der Waals surface area contributed by atoms with Gasteiger partial charge in [0.1, 0.15) is 11.6 Å². The summed E-state index contributed by atoms with van der Waals surface area (Å²) < 4.78 is 5.14. The number of aryl methyl sites for hydroxylation is 1. The van der Waals surface area contributed by atoms with Gasteiger partial charge in [0.2, 0.25) is 5.91 Å². The Morgan fingerprint density at radius 1 is 1.19 bits per heavy atom. The van der Waals surface area contributed by atoms with E-state index in [1.165, 1.54) is 6.92 Å². The van der Waals surface area contributed by atoms with E-state index in [1.807, 2.05) is 40.7 Å². The van der Waals surface area contributed by atoms with Gasteiger partial charge in [0.15, 0.2) is 11.5 Å². The maximum atomic E-state index is 11.5. The van der Waals surface area contributed by atoms with Crippen molar-refractivity contribution in [2.45, 2.75) is 74.1 Å². The lowest BCUT2D eigenvalue weighted by atomic mass is 10.1. The second-order valence-electron chi connectivity index (χ2n) is 5.96. The molecule has 0 bridgehead atoms. The van der Waals surface area contributed by atoms with Gasteiger partial charge in [-0.15, -0.1) is 5.10 Å². The normalized spacial score (nSPS) is 12.8. The number of carbonyl (C=O) groups is 2. The Balaban J connectivity index is 0.000000488. The van der Waals surface area contributed by atoms with Crippen molar-refractivity contribution >= 4 is 23.2 Å².